The predicted octanol–water partition coefficient (Wildman–Crippen LogP) is 2.68. The Morgan fingerprint density at radius 1 is 1.24 bits per heavy atom. The molecule has 0 rings (SSSR count). The van der Waals surface area contributed by atoms with E-state index in [0.29, 0.717) is 6.42 Å². The number of unbranched alkanes of at least 4 members (excludes halogenated alkanes) is 1. The number of hydrogen-bond donors (Lipinski definition) is 0. The quantitative estimate of drug-likeness (QED) is 0.333. The van der Waals surface area contributed by atoms with Crippen LogP contribution in [0.5, 0.6) is 0 Å². The first-order valence-corrected chi connectivity index (χ1v) is 6.78. The maximum absolute atomic E-state index is 12.7. The molecule has 0 aliphatic heterocycles. The Labute approximate surface area is 122 Å². The minimum Gasteiger partial charge on any atom is -0.460 e. The highest BCUT2D eigenvalue weighted by Crippen LogP contribution is 2.24. The Balaban J connectivity index is 4.30. The standard InChI is InChI=1S/C13H23F3O5/c1-4-5-6-10(2)21-12(17)11(13(14,15)16)20-9-19-8-7-18-3/h10-11H,4-9H2,1-3H3/t10?,11-/m0/s1. The average molecular weight is 316 g/mol. The van der Waals surface area contributed by atoms with Crippen molar-refractivity contribution in [3.63, 3.8) is 0 Å². The molecular formula is C13H23F3O5. The minimum atomic E-state index is -4.84. The number of ether oxygens (including phenoxy) is 4. The van der Waals surface area contributed by atoms with Crippen LogP contribution in [0.3, 0.4) is 0 Å². The third kappa shape index (κ3) is 9.65. The van der Waals surface area contributed by atoms with E-state index in [1.165, 1.54) is 7.11 Å². The molecule has 0 aromatic carbocycles. The first-order chi connectivity index (χ1) is 9.82. The molecule has 0 aromatic rings. The van der Waals surface area contributed by atoms with Crippen LogP contribution < -0.4 is 0 Å². The molecule has 0 bridgehead atoms. The number of rotatable bonds is 11. The third-order valence-electron chi connectivity index (χ3n) is 2.54. The molecule has 0 spiro atoms. The first-order valence-electron chi connectivity index (χ1n) is 6.78. The van der Waals surface area contributed by atoms with Crippen LogP contribution in [0.4, 0.5) is 13.2 Å². The second-order valence-corrected chi connectivity index (χ2v) is 4.50. The molecule has 0 fully saturated rings. The summed E-state index contributed by atoms with van der Waals surface area (Å²) < 4.78 is 56.8. The van der Waals surface area contributed by atoms with Gasteiger partial charge in [0.1, 0.15) is 6.79 Å². The van der Waals surface area contributed by atoms with Crippen molar-refractivity contribution in [2.24, 2.45) is 0 Å². The van der Waals surface area contributed by atoms with Gasteiger partial charge < -0.3 is 18.9 Å². The molecule has 0 heterocycles. The van der Waals surface area contributed by atoms with Gasteiger partial charge in [-0.05, 0) is 13.3 Å². The zero-order valence-corrected chi connectivity index (χ0v) is 12.6. The fourth-order valence-electron chi connectivity index (χ4n) is 1.42. The molecule has 0 aromatic heterocycles. The molecule has 0 N–H and O–H groups in total. The van der Waals surface area contributed by atoms with Gasteiger partial charge in [0.15, 0.2) is 0 Å². The van der Waals surface area contributed by atoms with Crippen LogP contribution in [0.2, 0.25) is 0 Å². The third-order valence-corrected chi connectivity index (χ3v) is 2.54. The Morgan fingerprint density at radius 3 is 2.43 bits per heavy atom. The van der Waals surface area contributed by atoms with Crippen molar-refractivity contribution < 1.29 is 36.9 Å². The Kier molecular flexibility index (Phi) is 10.4. The second kappa shape index (κ2) is 10.8. The number of esters is 1. The first kappa shape index (κ1) is 20.1. The summed E-state index contributed by atoms with van der Waals surface area (Å²) >= 11 is 0. The van der Waals surface area contributed by atoms with Gasteiger partial charge >= 0.3 is 12.1 Å². The number of methoxy groups -OCH3 is 1. The van der Waals surface area contributed by atoms with Crippen molar-refractivity contribution in [1.29, 1.82) is 0 Å². The van der Waals surface area contributed by atoms with Gasteiger partial charge in [0.2, 0.25) is 0 Å². The van der Waals surface area contributed by atoms with Crippen molar-refractivity contribution in [1.82, 2.24) is 0 Å². The number of alkyl halides is 3. The van der Waals surface area contributed by atoms with Gasteiger partial charge in [-0.2, -0.15) is 13.2 Å². The average Bonchev–Trinajstić information content (AvgIpc) is 2.38. The van der Waals surface area contributed by atoms with E-state index in [-0.39, 0.29) is 13.2 Å². The maximum atomic E-state index is 12.7. The highest BCUT2D eigenvalue weighted by atomic mass is 19.4. The van der Waals surface area contributed by atoms with E-state index < -0.39 is 31.1 Å². The van der Waals surface area contributed by atoms with E-state index in [0.717, 1.165) is 12.8 Å². The fourth-order valence-corrected chi connectivity index (χ4v) is 1.42. The SMILES string of the molecule is CCCCC(C)OC(=O)[C@H](OCOCCOC)C(F)(F)F. The molecule has 5 nitrogen and oxygen atoms in total. The summed E-state index contributed by atoms with van der Waals surface area (Å²) in [5, 5.41) is 0. The van der Waals surface area contributed by atoms with Crippen LogP contribution in [0.25, 0.3) is 0 Å². The lowest BCUT2D eigenvalue weighted by Gasteiger charge is -2.21. The summed E-state index contributed by atoms with van der Waals surface area (Å²) in [4.78, 5) is 11.5. The van der Waals surface area contributed by atoms with Crippen molar-refractivity contribution in [2.75, 3.05) is 27.1 Å². The van der Waals surface area contributed by atoms with E-state index in [1.54, 1.807) is 6.92 Å². The van der Waals surface area contributed by atoms with E-state index in [1.807, 2.05) is 6.92 Å². The number of carbonyl (C=O) groups is 1. The molecule has 0 amide bonds. The van der Waals surface area contributed by atoms with E-state index >= 15 is 0 Å². The molecular weight excluding hydrogens is 293 g/mol. The monoisotopic (exact) mass is 316 g/mol. The smallest absolute Gasteiger partial charge is 0.425 e. The van der Waals surface area contributed by atoms with Crippen molar-refractivity contribution in [3.05, 3.63) is 0 Å². The molecule has 0 saturated heterocycles. The van der Waals surface area contributed by atoms with Gasteiger partial charge in [-0.3, -0.25) is 0 Å². The van der Waals surface area contributed by atoms with Crippen LogP contribution in [0.1, 0.15) is 33.1 Å². The lowest BCUT2D eigenvalue weighted by Crippen LogP contribution is -2.42. The van der Waals surface area contributed by atoms with Crippen molar-refractivity contribution in [3.8, 4) is 0 Å². The second-order valence-electron chi connectivity index (χ2n) is 4.50. The van der Waals surface area contributed by atoms with Crippen LogP contribution >= 0.6 is 0 Å². The molecule has 2 atom stereocenters. The Hall–Kier alpha value is -0.860. The topological polar surface area (TPSA) is 54.0 Å². The summed E-state index contributed by atoms with van der Waals surface area (Å²) in [6.45, 7) is 3.12. The predicted molar refractivity (Wildman–Crippen MR) is 68.7 cm³/mol. The van der Waals surface area contributed by atoms with Crippen LogP contribution in [-0.4, -0.2) is 51.5 Å². The molecule has 21 heavy (non-hydrogen) atoms. The fraction of sp³-hybridized carbons (Fsp3) is 0.923. The largest absolute Gasteiger partial charge is 0.460 e. The van der Waals surface area contributed by atoms with Crippen LogP contribution in [-0.2, 0) is 23.7 Å². The Bertz CT molecular complexity index is 283. The van der Waals surface area contributed by atoms with Crippen molar-refractivity contribution >= 4 is 5.97 Å². The van der Waals surface area contributed by atoms with Gasteiger partial charge in [-0.25, -0.2) is 4.79 Å². The van der Waals surface area contributed by atoms with Gasteiger partial charge in [0.25, 0.3) is 6.10 Å². The molecule has 0 aliphatic carbocycles. The minimum absolute atomic E-state index is 0.0724. The molecule has 0 radical (unpaired) electrons. The van der Waals surface area contributed by atoms with E-state index in [9.17, 15) is 18.0 Å². The Morgan fingerprint density at radius 2 is 1.90 bits per heavy atom. The van der Waals surface area contributed by atoms with E-state index in [4.69, 9.17) is 9.47 Å². The summed E-state index contributed by atoms with van der Waals surface area (Å²) in [6, 6.07) is 0. The lowest BCUT2D eigenvalue weighted by molar-refractivity contribution is -0.249. The molecule has 0 aliphatic rings. The normalized spacial score (nSPS) is 14.8. The van der Waals surface area contributed by atoms with Gasteiger partial charge in [0, 0.05) is 7.11 Å². The molecule has 126 valence electrons. The van der Waals surface area contributed by atoms with Crippen LogP contribution in [0.15, 0.2) is 0 Å². The van der Waals surface area contributed by atoms with E-state index in [2.05, 4.69) is 9.47 Å². The number of hydrogen-bond acceptors (Lipinski definition) is 5. The van der Waals surface area contributed by atoms with Gasteiger partial charge in [-0.1, -0.05) is 19.8 Å². The summed E-state index contributed by atoms with van der Waals surface area (Å²) in [5.41, 5.74) is 0. The lowest BCUT2D eigenvalue weighted by atomic mass is 10.2. The highest BCUT2D eigenvalue weighted by Gasteiger charge is 2.47. The zero-order valence-electron chi connectivity index (χ0n) is 12.6. The number of carbonyl (C=O) groups excluding carboxylic acids is 1. The summed E-state index contributed by atoms with van der Waals surface area (Å²) in [7, 11) is 1.43. The highest BCUT2D eigenvalue weighted by molar-refractivity contribution is 5.75. The van der Waals surface area contributed by atoms with Crippen molar-refractivity contribution in [2.45, 2.75) is 51.5 Å². The molecule has 8 heteroatoms. The number of halogens is 3. The summed E-state index contributed by atoms with van der Waals surface area (Å²) in [5.74, 6) is -1.44. The maximum Gasteiger partial charge on any atom is 0.425 e. The molecule has 1 unspecified atom stereocenters. The zero-order chi connectivity index (χ0) is 16.3. The van der Waals surface area contributed by atoms with Gasteiger partial charge in [-0.15, -0.1) is 0 Å². The summed E-state index contributed by atoms with van der Waals surface area (Å²) in [6.07, 6.45) is -5.91. The van der Waals surface area contributed by atoms with Crippen LogP contribution in [0, 0.1) is 0 Å². The molecule has 0 saturated carbocycles. The van der Waals surface area contributed by atoms with Gasteiger partial charge in [0.05, 0.1) is 19.3 Å².